The minimum Gasteiger partial charge on any atom is -0.493 e. The number of benzene rings is 1. The number of hydrogen-bond acceptors (Lipinski definition) is 5. The SMILES string of the molecule is C#CCOc1cc(C(=O)N2CC[C@@]3(CO)CCCN(C)[C@@H]3C2)ccc1OC. The Morgan fingerprint density at radius 2 is 2.19 bits per heavy atom. The molecule has 0 spiro atoms. The average Bonchev–Trinajstić information content (AvgIpc) is 2.71. The number of piperidine rings is 2. The van der Waals surface area contributed by atoms with Crippen LogP contribution in [0.3, 0.4) is 0 Å². The molecule has 2 atom stereocenters. The number of aliphatic hydroxyl groups is 1. The molecular weight excluding hydrogens is 344 g/mol. The van der Waals surface area contributed by atoms with E-state index >= 15 is 0 Å². The Kier molecular flexibility index (Phi) is 5.93. The maximum Gasteiger partial charge on any atom is 0.254 e. The zero-order valence-electron chi connectivity index (χ0n) is 16.1. The summed E-state index contributed by atoms with van der Waals surface area (Å²) in [6.45, 7) is 2.57. The van der Waals surface area contributed by atoms with Crippen LogP contribution >= 0.6 is 0 Å². The topological polar surface area (TPSA) is 62.2 Å². The first-order valence-corrected chi connectivity index (χ1v) is 9.39. The van der Waals surface area contributed by atoms with Gasteiger partial charge in [-0.05, 0) is 51.1 Å². The van der Waals surface area contributed by atoms with E-state index in [1.807, 2.05) is 4.90 Å². The van der Waals surface area contributed by atoms with E-state index < -0.39 is 0 Å². The van der Waals surface area contributed by atoms with Gasteiger partial charge < -0.3 is 24.4 Å². The van der Waals surface area contributed by atoms with E-state index in [9.17, 15) is 9.90 Å². The third-order valence-corrected chi connectivity index (χ3v) is 6.02. The van der Waals surface area contributed by atoms with E-state index in [0.29, 0.717) is 30.2 Å². The molecule has 0 radical (unpaired) electrons. The van der Waals surface area contributed by atoms with Crippen LogP contribution in [0.25, 0.3) is 0 Å². The molecule has 0 bridgehead atoms. The molecule has 146 valence electrons. The third-order valence-electron chi connectivity index (χ3n) is 6.02. The minimum absolute atomic E-state index is 0.0336. The standard InChI is InChI=1S/C21H28N2O4/c1-4-12-27-18-13-16(6-7-17(18)26-3)20(25)23-11-9-21(15-24)8-5-10-22(2)19(21)14-23/h1,6-7,13,19,24H,5,8-12,14-15H2,2-3H3/t19-,21-/m1/s1. The number of hydrogen-bond donors (Lipinski definition) is 1. The second-order valence-electron chi connectivity index (χ2n) is 7.48. The first-order valence-electron chi connectivity index (χ1n) is 9.39. The lowest BCUT2D eigenvalue weighted by atomic mass is 9.69. The number of methoxy groups -OCH3 is 1. The molecular formula is C21H28N2O4. The molecule has 1 aromatic carbocycles. The second kappa shape index (κ2) is 8.20. The van der Waals surface area contributed by atoms with Crippen LogP contribution in [0.1, 0.15) is 29.6 Å². The van der Waals surface area contributed by atoms with Crippen LogP contribution in [0.15, 0.2) is 18.2 Å². The van der Waals surface area contributed by atoms with E-state index in [1.165, 1.54) is 0 Å². The van der Waals surface area contributed by atoms with Gasteiger partial charge in [-0.3, -0.25) is 4.79 Å². The maximum atomic E-state index is 13.1. The summed E-state index contributed by atoms with van der Waals surface area (Å²) in [5.41, 5.74) is 0.461. The van der Waals surface area contributed by atoms with Gasteiger partial charge in [0.25, 0.3) is 5.91 Å². The summed E-state index contributed by atoms with van der Waals surface area (Å²) >= 11 is 0. The van der Waals surface area contributed by atoms with Crippen molar-refractivity contribution in [1.29, 1.82) is 0 Å². The van der Waals surface area contributed by atoms with Crippen molar-refractivity contribution >= 4 is 5.91 Å². The van der Waals surface area contributed by atoms with Gasteiger partial charge in [0.05, 0.1) is 13.7 Å². The summed E-state index contributed by atoms with van der Waals surface area (Å²) in [5.74, 6) is 3.41. The Morgan fingerprint density at radius 1 is 1.37 bits per heavy atom. The number of fused-ring (bicyclic) bond motifs is 1. The van der Waals surface area contributed by atoms with Crippen molar-refractivity contribution in [2.24, 2.45) is 5.41 Å². The number of rotatable bonds is 5. The fourth-order valence-corrected chi connectivity index (χ4v) is 4.43. The van der Waals surface area contributed by atoms with Crippen molar-refractivity contribution < 1.29 is 19.4 Å². The number of carbonyl (C=O) groups excluding carboxylic acids is 1. The lowest BCUT2D eigenvalue weighted by Crippen LogP contribution is -2.62. The van der Waals surface area contributed by atoms with E-state index in [0.717, 1.165) is 25.8 Å². The van der Waals surface area contributed by atoms with Gasteiger partial charge in [0, 0.05) is 30.1 Å². The van der Waals surface area contributed by atoms with Crippen molar-refractivity contribution in [3.05, 3.63) is 23.8 Å². The molecule has 3 rings (SSSR count). The number of carbonyl (C=O) groups is 1. The highest BCUT2D eigenvalue weighted by Gasteiger charge is 2.47. The van der Waals surface area contributed by atoms with Crippen LogP contribution in [0, 0.1) is 17.8 Å². The largest absolute Gasteiger partial charge is 0.493 e. The number of likely N-dealkylation sites (tertiary alicyclic amines) is 2. The van der Waals surface area contributed by atoms with Crippen LogP contribution in [0.5, 0.6) is 11.5 Å². The van der Waals surface area contributed by atoms with Crippen molar-refractivity contribution in [3.63, 3.8) is 0 Å². The number of nitrogens with zero attached hydrogens (tertiary/aromatic N) is 2. The molecule has 2 saturated heterocycles. The number of terminal acetylenes is 1. The monoisotopic (exact) mass is 372 g/mol. The molecule has 2 fully saturated rings. The van der Waals surface area contributed by atoms with Gasteiger partial charge >= 0.3 is 0 Å². The van der Waals surface area contributed by atoms with Crippen molar-refractivity contribution in [3.8, 4) is 23.8 Å². The highest BCUT2D eigenvalue weighted by Crippen LogP contribution is 2.42. The summed E-state index contributed by atoms with van der Waals surface area (Å²) in [7, 11) is 3.64. The lowest BCUT2D eigenvalue weighted by Gasteiger charge is -2.53. The zero-order valence-corrected chi connectivity index (χ0v) is 16.1. The van der Waals surface area contributed by atoms with E-state index in [-0.39, 0.29) is 30.6 Å². The van der Waals surface area contributed by atoms with E-state index in [2.05, 4.69) is 17.9 Å². The van der Waals surface area contributed by atoms with Crippen molar-refractivity contribution in [2.75, 3.05) is 47.0 Å². The molecule has 1 N–H and O–H groups in total. The first kappa shape index (κ1) is 19.5. The lowest BCUT2D eigenvalue weighted by molar-refractivity contribution is -0.0601. The third kappa shape index (κ3) is 3.76. The summed E-state index contributed by atoms with van der Waals surface area (Å²) < 4.78 is 10.8. The predicted molar refractivity (Wildman–Crippen MR) is 103 cm³/mol. The van der Waals surface area contributed by atoms with Crippen LogP contribution in [-0.4, -0.2) is 73.9 Å². The Labute approximate surface area is 161 Å². The molecule has 0 aliphatic carbocycles. The summed E-state index contributed by atoms with van der Waals surface area (Å²) in [5, 5.41) is 10.0. The number of ether oxygens (including phenoxy) is 2. The highest BCUT2D eigenvalue weighted by atomic mass is 16.5. The molecule has 1 aromatic rings. The second-order valence-corrected chi connectivity index (χ2v) is 7.48. The molecule has 0 saturated carbocycles. The maximum absolute atomic E-state index is 13.1. The predicted octanol–water partition coefficient (Wildman–Crippen LogP) is 1.63. The van der Waals surface area contributed by atoms with Gasteiger partial charge in [0.1, 0.15) is 6.61 Å². The van der Waals surface area contributed by atoms with E-state index in [1.54, 1.807) is 25.3 Å². The molecule has 2 aliphatic rings. The van der Waals surface area contributed by atoms with Gasteiger partial charge in [0.15, 0.2) is 11.5 Å². The fraction of sp³-hybridized carbons (Fsp3) is 0.571. The van der Waals surface area contributed by atoms with Crippen molar-refractivity contribution in [2.45, 2.75) is 25.3 Å². The average molecular weight is 372 g/mol. The Morgan fingerprint density at radius 3 is 2.89 bits per heavy atom. The number of amides is 1. The fourth-order valence-electron chi connectivity index (χ4n) is 4.43. The van der Waals surface area contributed by atoms with Crippen LogP contribution in [0.4, 0.5) is 0 Å². The van der Waals surface area contributed by atoms with Crippen LogP contribution < -0.4 is 9.47 Å². The van der Waals surface area contributed by atoms with Gasteiger partial charge in [-0.15, -0.1) is 6.42 Å². The molecule has 27 heavy (non-hydrogen) atoms. The molecule has 6 nitrogen and oxygen atoms in total. The smallest absolute Gasteiger partial charge is 0.254 e. The molecule has 6 heteroatoms. The Balaban J connectivity index is 1.79. The molecule has 1 amide bonds. The van der Waals surface area contributed by atoms with Gasteiger partial charge in [-0.25, -0.2) is 0 Å². The van der Waals surface area contributed by atoms with Crippen LogP contribution in [0.2, 0.25) is 0 Å². The zero-order chi connectivity index (χ0) is 19.4. The van der Waals surface area contributed by atoms with E-state index in [4.69, 9.17) is 15.9 Å². The van der Waals surface area contributed by atoms with Gasteiger partial charge in [-0.1, -0.05) is 5.92 Å². The first-order chi connectivity index (χ1) is 13.0. The van der Waals surface area contributed by atoms with Gasteiger partial charge in [0.2, 0.25) is 0 Å². The Hall–Kier alpha value is -2.23. The quantitative estimate of drug-likeness (QED) is 0.796. The van der Waals surface area contributed by atoms with Crippen molar-refractivity contribution in [1.82, 2.24) is 9.80 Å². The molecule has 0 unspecified atom stereocenters. The van der Waals surface area contributed by atoms with Crippen LogP contribution in [-0.2, 0) is 0 Å². The minimum atomic E-state index is -0.0925. The molecule has 2 aliphatic heterocycles. The molecule has 2 heterocycles. The van der Waals surface area contributed by atoms with Gasteiger partial charge in [-0.2, -0.15) is 0 Å². The molecule has 0 aromatic heterocycles. The summed E-state index contributed by atoms with van der Waals surface area (Å²) in [6.07, 6.45) is 8.20. The number of likely N-dealkylation sites (N-methyl/N-ethyl adjacent to an activating group) is 1. The Bertz CT molecular complexity index is 729. The summed E-state index contributed by atoms with van der Waals surface area (Å²) in [4.78, 5) is 17.3. The normalized spacial score (nSPS) is 25.4. The number of aliphatic hydroxyl groups excluding tert-OH is 1. The highest BCUT2D eigenvalue weighted by molar-refractivity contribution is 5.95. The summed E-state index contributed by atoms with van der Waals surface area (Å²) in [6, 6.07) is 5.36.